The molecule has 0 spiro atoms. The van der Waals surface area contributed by atoms with E-state index in [9.17, 15) is 0 Å². The Morgan fingerprint density at radius 3 is 2.61 bits per heavy atom. The third-order valence-electron chi connectivity index (χ3n) is 3.24. The monoisotopic (exact) mass is 251 g/mol. The average Bonchev–Trinajstić information content (AvgIpc) is 2.28. The molecule has 1 rings (SSSR count). The van der Waals surface area contributed by atoms with Gasteiger partial charge in [0.05, 0.1) is 12.3 Å². The van der Waals surface area contributed by atoms with Gasteiger partial charge in [0.1, 0.15) is 5.82 Å². The molecule has 0 fully saturated rings. The predicted molar refractivity (Wildman–Crippen MR) is 76.9 cm³/mol. The van der Waals surface area contributed by atoms with Crippen LogP contribution in [0.3, 0.4) is 0 Å². The number of nitrogens with two attached hydrogens (primary N) is 1. The van der Waals surface area contributed by atoms with Crippen LogP contribution in [-0.2, 0) is 0 Å². The molecule has 0 aromatic carbocycles. The van der Waals surface area contributed by atoms with Gasteiger partial charge in [-0.25, -0.2) is 0 Å². The first-order valence-electron chi connectivity index (χ1n) is 6.47. The van der Waals surface area contributed by atoms with Gasteiger partial charge in [0.15, 0.2) is 0 Å². The predicted octanol–water partition coefficient (Wildman–Crippen LogP) is 3.16. The Hall–Kier alpha value is -1.45. The second-order valence-electron chi connectivity index (χ2n) is 5.67. The molecule has 0 saturated carbocycles. The Kier molecular flexibility index (Phi) is 4.82. The van der Waals surface area contributed by atoms with Crippen LogP contribution in [0.2, 0.25) is 0 Å². The summed E-state index contributed by atoms with van der Waals surface area (Å²) in [5.41, 5.74) is 6.64. The number of hydrogen-bond acceptors (Lipinski definition) is 4. The highest BCUT2D eigenvalue weighted by Crippen LogP contribution is 2.26. The van der Waals surface area contributed by atoms with E-state index in [2.05, 4.69) is 38.0 Å². The van der Waals surface area contributed by atoms with Crippen molar-refractivity contribution in [1.82, 2.24) is 4.98 Å². The lowest BCUT2D eigenvalue weighted by Gasteiger charge is -2.27. The minimum Gasteiger partial charge on any atom is -0.476 e. The number of ether oxygens (including phenoxy) is 1. The Labute approximate surface area is 110 Å². The van der Waals surface area contributed by atoms with Gasteiger partial charge < -0.3 is 15.8 Å². The van der Waals surface area contributed by atoms with Crippen LogP contribution >= 0.6 is 0 Å². The maximum absolute atomic E-state index is 5.79. The normalized spacial score (nSPS) is 13.2. The molecule has 0 radical (unpaired) electrons. The van der Waals surface area contributed by atoms with E-state index in [4.69, 9.17) is 10.5 Å². The average molecular weight is 251 g/mol. The van der Waals surface area contributed by atoms with Gasteiger partial charge in [0.2, 0.25) is 5.88 Å². The standard InChI is InChI=1S/C14H25N3O/c1-6-18-13-11(15)7-8-12(17-13)16-9-10(2)14(3,4)5/h7-8,10H,6,9,15H2,1-5H3,(H,16,17). The second kappa shape index (κ2) is 5.94. The lowest BCUT2D eigenvalue weighted by molar-refractivity contribution is 0.274. The zero-order valence-corrected chi connectivity index (χ0v) is 12.1. The van der Waals surface area contributed by atoms with Crippen LogP contribution in [0.4, 0.5) is 11.5 Å². The molecule has 0 aliphatic rings. The first kappa shape index (κ1) is 14.6. The van der Waals surface area contributed by atoms with Crippen molar-refractivity contribution >= 4 is 11.5 Å². The molecular formula is C14H25N3O. The van der Waals surface area contributed by atoms with E-state index < -0.39 is 0 Å². The zero-order valence-electron chi connectivity index (χ0n) is 12.1. The fraction of sp³-hybridized carbons (Fsp3) is 0.643. The number of nitrogen functional groups attached to an aromatic ring is 1. The second-order valence-corrected chi connectivity index (χ2v) is 5.67. The van der Waals surface area contributed by atoms with Gasteiger partial charge in [0, 0.05) is 6.54 Å². The van der Waals surface area contributed by atoms with E-state index in [0.717, 1.165) is 12.4 Å². The van der Waals surface area contributed by atoms with E-state index in [1.54, 1.807) is 0 Å². The van der Waals surface area contributed by atoms with E-state index in [1.807, 2.05) is 19.1 Å². The molecule has 1 aromatic heterocycles. The van der Waals surface area contributed by atoms with Crippen LogP contribution < -0.4 is 15.8 Å². The summed E-state index contributed by atoms with van der Waals surface area (Å²) in [6.45, 7) is 12.3. The third-order valence-corrected chi connectivity index (χ3v) is 3.24. The van der Waals surface area contributed by atoms with Crippen LogP contribution in [-0.4, -0.2) is 18.1 Å². The van der Waals surface area contributed by atoms with Crippen LogP contribution in [0.15, 0.2) is 12.1 Å². The summed E-state index contributed by atoms with van der Waals surface area (Å²) < 4.78 is 5.38. The maximum atomic E-state index is 5.79. The van der Waals surface area contributed by atoms with Gasteiger partial charge in [-0.15, -0.1) is 0 Å². The molecule has 0 bridgehead atoms. The molecule has 0 saturated heterocycles. The molecule has 3 N–H and O–H groups in total. The summed E-state index contributed by atoms with van der Waals surface area (Å²) in [5, 5.41) is 3.33. The van der Waals surface area contributed by atoms with E-state index in [0.29, 0.717) is 24.1 Å². The Bertz CT molecular complexity index is 385. The molecule has 0 aliphatic heterocycles. The van der Waals surface area contributed by atoms with Crippen LogP contribution in [0.5, 0.6) is 5.88 Å². The number of pyridine rings is 1. The molecule has 0 amide bonds. The minimum atomic E-state index is 0.281. The maximum Gasteiger partial charge on any atom is 0.239 e. The van der Waals surface area contributed by atoms with E-state index >= 15 is 0 Å². The largest absolute Gasteiger partial charge is 0.476 e. The molecule has 4 nitrogen and oxygen atoms in total. The summed E-state index contributed by atoms with van der Waals surface area (Å²) in [6.07, 6.45) is 0. The van der Waals surface area contributed by atoms with Crippen LogP contribution in [0.25, 0.3) is 0 Å². The van der Waals surface area contributed by atoms with Crippen molar-refractivity contribution < 1.29 is 4.74 Å². The number of nitrogens with zero attached hydrogens (tertiary/aromatic N) is 1. The van der Waals surface area contributed by atoms with E-state index in [1.165, 1.54) is 0 Å². The fourth-order valence-electron chi connectivity index (χ4n) is 1.37. The van der Waals surface area contributed by atoms with Crippen LogP contribution in [0.1, 0.15) is 34.6 Å². The summed E-state index contributed by atoms with van der Waals surface area (Å²) in [5.74, 6) is 1.86. The SMILES string of the molecule is CCOc1nc(NCC(C)C(C)(C)C)ccc1N. The number of nitrogens with one attached hydrogen (secondary N) is 1. The number of rotatable bonds is 5. The Morgan fingerprint density at radius 2 is 2.06 bits per heavy atom. The highest BCUT2D eigenvalue weighted by atomic mass is 16.5. The summed E-state index contributed by atoms with van der Waals surface area (Å²) in [4.78, 5) is 4.36. The molecule has 18 heavy (non-hydrogen) atoms. The van der Waals surface area contributed by atoms with Gasteiger partial charge in [-0.05, 0) is 30.4 Å². The molecule has 0 aliphatic carbocycles. The zero-order chi connectivity index (χ0) is 13.8. The third kappa shape index (κ3) is 4.09. The van der Waals surface area contributed by atoms with Gasteiger partial charge in [-0.3, -0.25) is 0 Å². The number of anilines is 2. The molecule has 1 atom stereocenters. The summed E-state index contributed by atoms with van der Waals surface area (Å²) in [7, 11) is 0. The molecule has 1 aromatic rings. The van der Waals surface area contributed by atoms with Crippen molar-refractivity contribution in [3.8, 4) is 5.88 Å². The van der Waals surface area contributed by atoms with Crippen molar-refractivity contribution in [3.63, 3.8) is 0 Å². The number of aromatic nitrogens is 1. The van der Waals surface area contributed by atoms with Crippen molar-refractivity contribution in [2.24, 2.45) is 11.3 Å². The smallest absolute Gasteiger partial charge is 0.239 e. The van der Waals surface area contributed by atoms with Gasteiger partial charge in [0.25, 0.3) is 0 Å². The van der Waals surface area contributed by atoms with Crippen molar-refractivity contribution in [2.45, 2.75) is 34.6 Å². The van der Waals surface area contributed by atoms with Crippen molar-refractivity contribution in [3.05, 3.63) is 12.1 Å². The first-order chi connectivity index (χ1) is 8.34. The first-order valence-corrected chi connectivity index (χ1v) is 6.47. The highest BCUT2D eigenvalue weighted by Gasteiger charge is 2.19. The topological polar surface area (TPSA) is 60.2 Å². The Morgan fingerprint density at radius 1 is 1.39 bits per heavy atom. The quantitative estimate of drug-likeness (QED) is 0.844. The summed E-state index contributed by atoms with van der Waals surface area (Å²) in [6, 6.07) is 3.70. The molecule has 102 valence electrons. The Balaban J connectivity index is 2.65. The minimum absolute atomic E-state index is 0.281. The van der Waals surface area contributed by atoms with Gasteiger partial charge in [-0.1, -0.05) is 27.7 Å². The van der Waals surface area contributed by atoms with Gasteiger partial charge >= 0.3 is 0 Å². The molecular weight excluding hydrogens is 226 g/mol. The molecule has 1 unspecified atom stereocenters. The van der Waals surface area contributed by atoms with E-state index in [-0.39, 0.29) is 5.41 Å². The fourth-order valence-corrected chi connectivity index (χ4v) is 1.37. The lowest BCUT2D eigenvalue weighted by atomic mass is 9.82. The number of hydrogen-bond donors (Lipinski definition) is 2. The van der Waals surface area contributed by atoms with Gasteiger partial charge in [-0.2, -0.15) is 4.98 Å². The molecule has 4 heteroatoms. The highest BCUT2D eigenvalue weighted by molar-refractivity contribution is 5.53. The molecule has 1 heterocycles. The van der Waals surface area contributed by atoms with Crippen molar-refractivity contribution in [1.29, 1.82) is 0 Å². The lowest BCUT2D eigenvalue weighted by Crippen LogP contribution is -2.25. The van der Waals surface area contributed by atoms with Crippen molar-refractivity contribution in [2.75, 3.05) is 24.2 Å². The van der Waals surface area contributed by atoms with Crippen LogP contribution in [0, 0.1) is 11.3 Å². The summed E-state index contributed by atoms with van der Waals surface area (Å²) >= 11 is 0.